The summed E-state index contributed by atoms with van der Waals surface area (Å²) in [7, 11) is -0.547. The largest absolute Gasteiger partial charge is 0.438 e. The van der Waals surface area contributed by atoms with Crippen molar-refractivity contribution in [3.05, 3.63) is 65.2 Å². The van der Waals surface area contributed by atoms with Gasteiger partial charge in [0, 0.05) is 0 Å². The lowest BCUT2D eigenvalue weighted by Crippen LogP contribution is -2.63. The summed E-state index contributed by atoms with van der Waals surface area (Å²) < 4.78 is 120. The van der Waals surface area contributed by atoms with Gasteiger partial charge >= 0.3 is 29.9 Å². The maximum Gasteiger partial charge on any atom is 0.438 e. The minimum atomic E-state index is -6.52. The van der Waals surface area contributed by atoms with Crippen molar-refractivity contribution in [2.75, 3.05) is 5.75 Å². The van der Waals surface area contributed by atoms with E-state index in [2.05, 4.69) is 4.74 Å². The van der Waals surface area contributed by atoms with Crippen molar-refractivity contribution in [2.45, 2.75) is 24.3 Å². The minimum Gasteiger partial charge on any atom is -0.434 e. The molecule has 15 heteroatoms. The lowest BCUT2D eigenvalue weighted by Gasteiger charge is -2.35. The molecule has 0 saturated heterocycles. The number of carbonyl (C=O) groups is 2. The Hall–Kier alpha value is -3.07. The quantitative estimate of drug-likeness (QED) is 0.200. The Bertz CT molecular complexity index is 1150. The third kappa shape index (κ3) is 6.08. The van der Waals surface area contributed by atoms with E-state index in [9.17, 15) is 44.3 Å². The van der Waals surface area contributed by atoms with Gasteiger partial charge in [-0.15, -0.1) is 0 Å². The van der Waals surface area contributed by atoms with Crippen molar-refractivity contribution >= 4 is 29.9 Å². The molecule has 0 unspecified atom stereocenters. The molecule has 2 rings (SSSR count). The smallest absolute Gasteiger partial charge is 0.434 e. The molecule has 0 spiro atoms. The molecule has 1 N–H and O–H groups in total. The third-order valence-corrected chi connectivity index (χ3v) is 5.05. The Balaban J connectivity index is 2.57. The monoisotopic (exact) mass is 510 g/mol. The molecule has 2 aromatic carbocycles. The zero-order chi connectivity index (χ0) is 25.9. The van der Waals surface area contributed by atoms with Gasteiger partial charge in [0.05, 0.1) is 13.4 Å². The number of halogens is 6. The number of hydrogen-bond acceptors (Lipinski definition) is 6. The lowest BCUT2D eigenvalue weighted by molar-refractivity contribution is -0.356. The highest BCUT2D eigenvalue weighted by molar-refractivity contribution is 7.85. The second kappa shape index (κ2) is 9.66. The number of hydrogen-bond donors (Lipinski definition) is 1. The van der Waals surface area contributed by atoms with Gasteiger partial charge in [-0.3, -0.25) is 4.55 Å². The van der Waals surface area contributed by atoms with Crippen molar-refractivity contribution in [3.63, 3.8) is 0 Å². The molecule has 0 heterocycles. The Kier molecular flexibility index (Phi) is 7.72. The molecule has 0 amide bonds. The normalized spacial score (nSPS) is 12.8. The fourth-order valence-electron chi connectivity index (χ4n) is 2.62. The summed E-state index contributed by atoms with van der Waals surface area (Å²) in [6.07, 6.45) is -13.3. The Morgan fingerprint density at radius 1 is 0.912 bits per heavy atom. The molecule has 0 atom stereocenters. The van der Waals surface area contributed by atoms with Gasteiger partial charge in [-0.2, -0.15) is 34.8 Å². The van der Waals surface area contributed by atoms with Gasteiger partial charge in [0.2, 0.25) is 0 Å². The van der Waals surface area contributed by atoms with Crippen molar-refractivity contribution in [1.82, 2.24) is 0 Å². The molecule has 0 saturated carbocycles. The standard InChI is InChI=1S/C19H13BF6O7S/c20-9-11-6-7-13(14(8-11)32-15(27)12-4-2-1-3-5-12)16(28)33-17(18(21,22)23,19(24,25)26)10-34(29,30)31/h1-8H,9-10H2,(H,29,30,31). The van der Waals surface area contributed by atoms with Crippen LogP contribution >= 0.6 is 0 Å². The first-order valence-corrected chi connectivity index (χ1v) is 10.5. The Morgan fingerprint density at radius 3 is 1.94 bits per heavy atom. The predicted molar refractivity (Wildman–Crippen MR) is 104 cm³/mol. The predicted octanol–water partition coefficient (Wildman–Crippen LogP) is 3.48. The summed E-state index contributed by atoms with van der Waals surface area (Å²) >= 11 is 0. The van der Waals surface area contributed by atoms with E-state index in [1.807, 2.05) is 0 Å². The van der Waals surface area contributed by atoms with E-state index in [-0.39, 0.29) is 17.4 Å². The van der Waals surface area contributed by atoms with Crippen LogP contribution in [0.4, 0.5) is 26.3 Å². The van der Waals surface area contributed by atoms with Crippen LogP contribution in [0.15, 0.2) is 48.5 Å². The van der Waals surface area contributed by atoms with E-state index >= 15 is 0 Å². The van der Waals surface area contributed by atoms with E-state index in [1.165, 1.54) is 30.3 Å². The molecular weight excluding hydrogens is 497 g/mol. The van der Waals surface area contributed by atoms with E-state index < -0.39 is 57.1 Å². The summed E-state index contributed by atoms with van der Waals surface area (Å²) in [5.74, 6) is -7.32. The van der Waals surface area contributed by atoms with Crippen LogP contribution in [0.5, 0.6) is 5.75 Å². The molecule has 0 fully saturated rings. The number of benzene rings is 2. The molecule has 0 aliphatic heterocycles. The summed E-state index contributed by atoms with van der Waals surface area (Å²) in [6.45, 7) is 0. The zero-order valence-corrected chi connectivity index (χ0v) is 17.5. The highest BCUT2D eigenvalue weighted by Crippen LogP contribution is 2.47. The SMILES string of the molecule is [B]Cc1ccc(C(=O)OC(CS(=O)(=O)O)(C(F)(F)F)C(F)(F)F)c(OC(=O)c2ccccc2)c1. The fraction of sp³-hybridized carbons (Fsp3) is 0.263. The second-order valence-corrected chi connectivity index (χ2v) is 8.18. The number of carbonyl (C=O) groups excluding carboxylic acids is 2. The summed E-state index contributed by atoms with van der Waals surface area (Å²) in [6, 6.07) is 9.57. The zero-order valence-electron chi connectivity index (χ0n) is 16.7. The molecule has 0 aromatic heterocycles. The van der Waals surface area contributed by atoms with Crippen LogP contribution in [0.25, 0.3) is 0 Å². The van der Waals surface area contributed by atoms with Crippen LogP contribution in [0.2, 0.25) is 0 Å². The van der Waals surface area contributed by atoms with Crippen LogP contribution in [0.1, 0.15) is 26.3 Å². The van der Waals surface area contributed by atoms with Crippen molar-refractivity contribution < 1.29 is 58.4 Å². The number of alkyl halides is 6. The summed E-state index contributed by atoms with van der Waals surface area (Å²) in [5.41, 5.74) is -6.61. The van der Waals surface area contributed by atoms with Crippen LogP contribution in [0, 0.1) is 0 Å². The summed E-state index contributed by atoms with van der Waals surface area (Å²) in [4.78, 5) is 24.8. The number of rotatable bonds is 7. The highest BCUT2D eigenvalue weighted by atomic mass is 32.2. The van der Waals surface area contributed by atoms with E-state index in [0.29, 0.717) is 6.07 Å². The topological polar surface area (TPSA) is 107 Å². The molecule has 0 aliphatic rings. The van der Waals surface area contributed by atoms with Gasteiger partial charge in [-0.05, 0) is 24.3 Å². The first kappa shape index (κ1) is 27.2. The molecule has 0 aliphatic carbocycles. The molecule has 182 valence electrons. The molecule has 2 radical (unpaired) electrons. The van der Waals surface area contributed by atoms with Crippen LogP contribution in [0.3, 0.4) is 0 Å². The van der Waals surface area contributed by atoms with E-state index in [1.54, 1.807) is 0 Å². The van der Waals surface area contributed by atoms with Gasteiger partial charge in [-0.1, -0.05) is 36.1 Å². The van der Waals surface area contributed by atoms with Gasteiger partial charge < -0.3 is 9.47 Å². The second-order valence-electron chi connectivity index (χ2n) is 6.73. The number of esters is 2. The van der Waals surface area contributed by atoms with Crippen LogP contribution in [-0.2, 0) is 21.2 Å². The molecule has 0 bridgehead atoms. The lowest BCUT2D eigenvalue weighted by atomic mass is 9.95. The highest BCUT2D eigenvalue weighted by Gasteiger charge is 2.76. The average Bonchev–Trinajstić information content (AvgIpc) is 2.71. The maximum atomic E-state index is 13.5. The first-order chi connectivity index (χ1) is 15.5. The van der Waals surface area contributed by atoms with Crippen molar-refractivity contribution in [2.24, 2.45) is 0 Å². The summed E-state index contributed by atoms with van der Waals surface area (Å²) in [5, 5.41) is 0. The van der Waals surface area contributed by atoms with Gasteiger partial charge in [0.1, 0.15) is 17.1 Å². The van der Waals surface area contributed by atoms with Gasteiger partial charge in [0.15, 0.2) is 0 Å². The average molecular weight is 510 g/mol. The van der Waals surface area contributed by atoms with E-state index in [4.69, 9.17) is 17.1 Å². The van der Waals surface area contributed by atoms with Crippen LogP contribution in [-0.4, -0.2) is 56.5 Å². The van der Waals surface area contributed by atoms with Crippen molar-refractivity contribution in [3.8, 4) is 5.75 Å². The van der Waals surface area contributed by atoms with Crippen molar-refractivity contribution in [1.29, 1.82) is 0 Å². The third-order valence-electron chi connectivity index (χ3n) is 4.28. The molecule has 34 heavy (non-hydrogen) atoms. The molecule has 7 nitrogen and oxygen atoms in total. The van der Waals surface area contributed by atoms with Crippen LogP contribution < -0.4 is 4.74 Å². The van der Waals surface area contributed by atoms with E-state index in [0.717, 1.165) is 12.1 Å². The minimum absolute atomic E-state index is 0.0775. The maximum absolute atomic E-state index is 13.5. The van der Waals surface area contributed by atoms with Gasteiger partial charge in [-0.25, -0.2) is 9.59 Å². The molecule has 2 aromatic rings. The Labute approximate surface area is 189 Å². The first-order valence-electron chi connectivity index (χ1n) is 8.93. The Morgan fingerprint density at radius 2 is 1.47 bits per heavy atom. The fourth-order valence-corrected chi connectivity index (χ4v) is 3.52. The van der Waals surface area contributed by atoms with Gasteiger partial charge in [0.25, 0.3) is 10.1 Å². The number of ether oxygens (including phenoxy) is 2. The molecular formula is C19H13BF6O7S.